The van der Waals surface area contributed by atoms with Crippen LogP contribution in [-0.4, -0.2) is 34.2 Å². The predicted molar refractivity (Wildman–Crippen MR) is 111 cm³/mol. The Morgan fingerprint density at radius 1 is 1.00 bits per heavy atom. The summed E-state index contributed by atoms with van der Waals surface area (Å²) in [5.41, 5.74) is 1.09. The van der Waals surface area contributed by atoms with Gasteiger partial charge in [-0.05, 0) is 30.4 Å². The average Bonchev–Trinajstić information content (AvgIpc) is 3.18. The minimum Gasteiger partial charge on any atom is -0.332 e. The quantitative estimate of drug-likeness (QED) is 0.634. The van der Waals surface area contributed by atoms with Crippen molar-refractivity contribution in [2.45, 2.75) is 53.2 Å². The van der Waals surface area contributed by atoms with Crippen molar-refractivity contribution in [2.75, 3.05) is 6.54 Å². The molecular weight excluding hydrogens is 356 g/mol. The fourth-order valence-corrected chi connectivity index (χ4v) is 3.59. The molecule has 0 spiro atoms. The molecule has 0 N–H and O–H groups in total. The first-order chi connectivity index (χ1) is 12.9. The molecule has 1 atom stereocenters. The van der Waals surface area contributed by atoms with Crippen LogP contribution in [0.2, 0.25) is 0 Å². The molecule has 0 bridgehead atoms. The van der Waals surface area contributed by atoms with Gasteiger partial charge in [0.15, 0.2) is 0 Å². The Balaban J connectivity index is 2.18. The Hall–Kier alpha value is -2.14. The monoisotopic (exact) mass is 386 g/mol. The maximum atomic E-state index is 13.2. The third-order valence-corrected chi connectivity index (χ3v) is 5.56. The van der Waals surface area contributed by atoms with E-state index < -0.39 is 0 Å². The molecule has 0 radical (unpaired) electrons. The zero-order valence-corrected chi connectivity index (χ0v) is 17.5. The van der Waals surface area contributed by atoms with Crippen molar-refractivity contribution in [1.29, 1.82) is 0 Å². The SMILES string of the molecule is CC[C@H](C)N(CC(=O)N(Cc1ccccc1)Cc1cccs1)C(=O)C(C)C. The highest BCUT2D eigenvalue weighted by atomic mass is 32.1. The van der Waals surface area contributed by atoms with Gasteiger partial charge in [0.25, 0.3) is 0 Å². The van der Waals surface area contributed by atoms with Gasteiger partial charge >= 0.3 is 0 Å². The second-order valence-corrected chi connectivity index (χ2v) is 8.23. The van der Waals surface area contributed by atoms with Gasteiger partial charge in [-0.25, -0.2) is 0 Å². The highest BCUT2D eigenvalue weighted by Gasteiger charge is 2.26. The average molecular weight is 387 g/mol. The molecule has 4 nitrogen and oxygen atoms in total. The van der Waals surface area contributed by atoms with E-state index >= 15 is 0 Å². The van der Waals surface area contributed by atoms with Gasteiger partial charge in [0.05, 0.1) is 6.54 Å². The number of carbonyl (C=O) groups excluding carboxylic acids is 2. The number of thiophene rings is 1. The number of hydrogen-bond acceptors (Lipinski definition) is 3. The Morgan fingerprint density at radius 3 is 2.26 bits per heavy atom. The van der Waals surface area contributed by atoms with E-state index in [4.69, 9.17) is 0 Å². The molecule has 1 aromatic carbocycles. The molecule has 1 heterocycles. The third-order valence-electron chi connectivity index (χ3n) is 4.70. The van der Waals surface area contributed by atoms with Gasteiger partial charge in [0.2, 0.25) is 11.8 Å². The van der Waals surface area contributed by atoms with Gasteiger partial charge in [-0.2, -0.15) is 0 Å². The first-order valence-corrected chi connectivity index (χ1v) is 10.4. The number of carbonyl (C=O) groups is 2. The molecule has 0 fully saturated rings. The van der Waals surface area contributed by atoms with Crippen LogP contribution < -0.4 is 0 Å². The van der Waals surface area contributed by atoms with Crippen molar-refractivity contribution in [3.05, 3.63) is 58.3 Å². The summed E-state index contributed by atoms with van der Waals surface area (Å²) < 4.78 is 0. The van der Waals surface area contributed by atoms with Gasteiger partial charge < -0.3 is 9.80 Å². The zero-order valence-electron chi connectivity index (χ0n) is 16.7. The van der Waals surface area contributed by atoms with Crippen molar-refractivity contribution >= 4 is 23.2 Å². The van der Waals surface area contributed by atoms with Crippen molar-refractivity contribution < 1.29 is 9.59 Å². The number of amides is 2. The Kier molecular flexibility index (Phi) is 8.04. The van der Waals surface area contributed by atoms with Crippen molar-refractivity contribution in [3.8, 4) is 0 Å². The van der Waals surface area contributed by atoms with Crippen LogP contribution >= 0.6 is 11.3 Å². The molecule has 0 saturated heterocycles. The number of hydrogen-bond donors (Lipinski definition) is 0. The molecule has 2 aromatic rings. The molecule has 5 heteroatoms. The van der Waals surface area contributed by atoms with E-state index in [0.29, 0.717) is 13.1 Å². The highest BCUT2D eigenvalue weighted by Crippen LogP contribution is 2.17. The van der Waals surface area contributed by atoms with Crippen LogP contribution in [-0.2, 0) is 22.7 Å². The smallest absolute Gasteiger partial charge is 0.242 e. The molecule has 0 aliphatic carbocycles. The predicted octanol–water partition coefficient (Wildman–Crippen LogP) is 4.56. The van der Waals surface area contributed by atoms with Gasteiger partial charge in [-0.3, -0.25) is 9.59 Å². The van der Waals surface area contributed by atoms with E-state index in [2.05, 4.69) is 0 Å². The van der Waals surface area contributed by atoms with Crippen molar-refractivity contribution in [3.63, 3.8) is 0 Å². The normalized spacial score (nSPS) is 12.0. The Morgan fingerprint density at radius 2 is 1.70 bits per heavy atom. The van der Waals surface area contributed by atoms with Crippen LogP contribution in [0.5, 0.6) is 0 Å². The van der Waals surface area contributed by atoms with Crippen LogP contribution in [0.15, 0.2) is 47.8 Å². The second-order valence-electron chi connectivity index (χ2n) is 7.19. The molecular formula is C22H30N2O2S. The van der Waals surface area contributed by atoms with E-state index in [-0.39, 0.29) is 30.3 Å². The minimum absolute atomic E-state index is 0.0125. The van der Waals surface area contributed by atoms with Crippen LogP contribution in [0.25, 0.3) is 0 Å². The number of nitrogens with zero attached hydrogens (tertiary/aromatic N) is 2. The van der Waals surface area contributed by atoms with Crippen LogP contribution in [0, 0.1) is 5.92 Å². The Bertz CT molecular complexity index is 713. The largest absolute Gasteiger partial charge is 0.332 e. The van der Waals surface area contributed by atoms with Crippen LogP contribution in [0.3, 0.4) is 0 Å². The Labute approximate surface area is 166 Å². The summed E-state index contributed by atoms with van der Waals surface area (Å²) in [6.45, 7) is 9.06. The van der Waals surface area contributed by atoms with E-state index in [0.717, 1.165) is 16.9 Å². The molecule has 2 amide bonds. The summed E-state index contributed by atoms with van der Waals surface area (Å²) in [6, 6.07) is 14.1. The molecule has 1 aromatic heterocycles. The lowest BCUT2D eigenvalue weighted by molar-refractivity contribution is -0.144. The highest BCUT2D eigenvalue weighted by molar-refractivity contribution is 7.09. The first kappa shape index (κ1) is 21.2. The molecule has 0 saturated carbocycles. The third kappa shape index (κ3) is 6.21. The minimum atomic E-state index is -0.119. The topological polar surface area (TPSA) is 40.6 Å². The molecule has 2 rings (SSSR count). The van der Waals surface area contributed by atoms with Crippen LogP contribution in [0.1, 0.15) is 44.6 Å². The van der Waals surface area contributed by atoms with E-state index in [1.165, 1.54) is 0 Å². The zero-order chi connectivity index (χ0) is 19.8. The molecule has 0 aliphatic rings. The maximum Gasteiger partial charge on any atom is 0.242 e. The van der Waals surface area contributed by atoms with Crippen LogP contribution in [0.4, 0.5) is 0 Å². The van der Waals surface area contributed by atoms with Gasteiger partial charge in [0, 0.05) is 23.4 Å². The standard InChI is InChI=1S/C22H30N2O2S/c1-5-18(4)24(22(26)17(2)3)16-21(25)23(15-20-12-9-13-27-20)14-19-10-7-6-8-11-19/h6-13,17-18H,5,14-16H2,1-4H3/t18-/m0/s1. The summed E-state index contributed by atoms with van der Waals surface area (Å²) in [6.07, 6.45) is 0.829. The van der Waals surface area contributed by atoms with Crippen molar-refractivity contribution in [1.82, 2.24) is 9.80 Å². The molecule has 146 valence electrons. The van der Waals surface area contributed by atoms with Gasteiger partial charge in [0.1, 0.15) is 6.54 Å². The van der Waals surface area contributed by atoms with E-state index in [9.17, 15) is 9.59 Å². The van der Waals surface area contributed by atoms with Gasteiger partial charge in [-0.1, -0.05) is 57.2 Å². The summed E-state index contributed by atoms with van der Waals surface area (Å²) >= 11 is 1.65. The van der Waals surface area contributed by atoms with Crippen molar-refractivity contribution in [2.24, 2.45) is 5.92 Å². The summed E-state index contributed by atoms with van der Waals surface area (Å²) in [5.74, 6) is -0.0956. The molecule has 0 aliphatic heterocycles. The maximum absolute atomic E-state index is 13.2. The second kappa shape index (κ2) is 10.3. The summed E-state index contributed by atoms with van der Waals surface area (Å²) in [5, 5.41) is 2.02. The summed E-state index contributed by atoms with van der Waals surface area (Å²) in [7, 11) is 0. The lowest BCUT2D eigenvalue weighted by atomic mass is 10.1. The van der Waals surface area contributed by atoms with E-state index in [1.807, 2.05) is 80.4 Å². The summed E-state index contributed by atoms with van der Waals surface area (Å²) in [4.78, 5) is 30.5. The lowest BCUT2D eigenvalue weighted by Crippen LogP contribution is -2.47. The lowest BCUT2D eigenvalue weighted by Gasteiger charge is -2.32. The number of rotatable bonds is 9. The first-order valence-electron chi connectivity index (χ1n) is 9.56. The molecule has 27 heavy (non-hydrogen) atoms. The molecule has 0 unspecified atom stereocenters. The van der Waals surface area contributed by atoms with Gasteiger partial charge in [-0.15, -0.1) is 11.3 Å². The number of benzene rings is 1. The van der Waals surface area contributed by atoms with E-state index in [1.54, 1.807) is 16.2 Å². The fourth-order valence-electron chi connectivity index (χ4n) is 2.88. The fraction of sp³-hybridized carbons (Fsp3) is 0.455.